The Hall–Kier alpha value is -1.30. The van der Waals surface area contributed by atoms with Crippen molar-refractivity contribution in [3.8, 4) is 0 Å². The van der Waals surface area contributed by atoms with E-state index in [9.17, 15) is 0 Å². The molecule has 0 heteroatoms. The van der Waals surface area contributed by atoms with Crippen molar-refractivity contribution >= 4 is 10.8 Å². The number of rotatable bonds is 3. The topological polar surface area (TPSA) is 0 Å². The molecule has 2 aromatic carbocycles. The summed E-state index contributed by atoms with van der Waals surface area (Å²) in [4.78, 5) is 0. The standard InChI is InChI=1S/C16H19/c1-4-16(12(2)3)15-10-9-13-7-5-6-8-14(13)11-15/h5-10,12,16H,4H2,1-3H3. The SMILES string of the molecule is CCC(c1[c]c2ccccc2cc1)C(C)C. The molecule has 0 aliphatic carbocycles. The molecule has 1 atom stereocenters. The maximum Gasteiger partial charge on any atom is -0.00613 e. The van der Waals surface area contributed by atoms with E-state index in [0.29, 0.717) is 11.8 Å². The summed E-state index contributed by atoms with van der Waals surface area (Å²) in [6.07, 6.45) is 1.19. The van der Waals surface area contributed by atoms with Crippen LogP contribution in [0, 0.1) is 12.0 Å². The van der Waals surface area contributed by atoms with Gasteiger partial charge in [0.1, 0.15) is 0 Å². The van der Waals surface area contributed by atoms with E-state index < -0.39 is 0 Å². The zero-order valence-electron chi connectivity index (χ0n) is 10.3. The zero-order chi connectivity index (χ0) is 11.5. The first-order chi connectivity index (χ1) is 7.72. The third-order valence-electron chi connectivity index (χ3n) is 3.33. The maximum absolute atomic E-state index is 3.56. The predicted octanol–water partition coefficient (Wildman–Crippen LogP) is 4.79. The van der Waals surface area contributed by atoms with Crippen molar-refractivity contribution in [1.29, 1.82) is 0 Å². The second-order valence-corrected chi connectivity index (χ2v) is 4.76. The minimum absolute atomic E-state index is 0.629. The molecule has 0 nitrogen and oxygen atoms in total. The van der Waals surface area contributed by atoms with Gasteiger partial charge in [0.25, 0.3) is 0 Å². The van der Waals surface area contributed by atoms with E-state index in [1.165, 1.54) is 22.8 Å². The van der Waals surface area contributed by atoms with Crippen molar-refractivity contribution in [3.63, 3.8) is 0 Å². The molecule has 16 heavy (non-hydrogen) atoms. The molecule has 2 rings (SSSR count). The molecule has 0 saturated carbocycles. The Balaban J connectivity index is 2.45. The van der Waals surface area contributed by atoms with Gasteiger partial charge in [-0.15, -0.1) is 0 Å². The van der Waals surface area contributed by atoms with Gasteiger partial charge < -0.3 is 0 Å². The lowest BCUT2D eigenvalue weighted by molar-refractivity contribution is 0.485. The number of benzene rings is 2. The largest absolute Gasteiger partial charge is 0.0648 e. The zero-order valence-corrected chi connectivity index (χ0v) is 10.3. The van der Waals surface area contributed by atoms with Crippen LogP contribution in [0.25, 0.3) is 10.8 Å². The van der Waals surface area contributed by atoms with Gasteiger partial charge in [0.05, 0.1) is 0 Å². The van der Waals surface area contributed by atoms with Gasteiger partial charge in [-0.05, 0) is 40.7 Å². The van der Waals surface area contributed by atoms with E-state index >= 15 is 0 Å². The maximum atomic E-state index is 3.56. The van der Waals surface area contributed by atoms with Crippen LogP contribution in [-0.2, 0) is 0 Å². The van der Waals surface area contributed by atoms with Gasteiger partial charge >= 0.3 is 0 Å². The Morgan fingerprint density at radius 2 is 1.81 bits per heavy atom. The van der Waals surface area contributed by atoms with Gasteiger partial charge in [0, 0.05) is 0 Å². The normalized spacial score (nSPS) is 13.2. The van der Waals surface area contributed by atoms with Crippen LogP contribution in [0.15, 0.2) is 36.4 Å². The van der Waals surface area contributed by atoms with Crippen molar-refractivity contribution in [2.75, 3.05) is 0 Å². The minimum atomic E-state index is 0.629. The summed E-state index contributed by atoms with van der Waals surface area (Å²) in [5, 5.41) is 2.52. The van der Waals surface area contributed by atoms with Crippen LogP contribution in [0.2, 0.25) is 0 Å². The lowest BCUT2D eigenvalue weighted by atomic mass is 9.85. The lowest BCUT2D eigenvalue weighted by Gasteiger charge is -2.19. The first-order valence-corrected chi connectivity index (χ1v) is 6.13. The highest BCUT2D eigenvalue weighted by Gasteiger charge is 2.13. The molecule has 1 unspecified atom stereocenters. The van der Waals surface area contributed by atoms with Gasteiger partial charge in [-0.1, -0.05) is 57.2 Å². The van der Waals surface area contributed by atoms with Crippen LogP contribution in [0.4, 0.5) is 0 Å². The highest BCUT2D eigenvalue weighted by atomic mass is 14.2. The second kappa shape index (κ2) is 4.69. The van der Waals surface area contributed by atoms with E-state index in [1.807, 2.05) is 0 Å². The summed E-state index contributed by atoms with van der Waals surface area (Å²) in [6.45, 7) is 6.84. The molecule has 0 amide bonds. The molecule has 0 spiro atoms. The highest BCUT2D eigenvalue weighted by Crippen LogP contribution is 2.29. The summed E-state index contributed by atoms with van der Waals surface area (Å²) < 4.78 is 0. The van der Waals surface area contributed by atoms with E-state index in [2.05, 4.69) is 63.2 Å². The summed E-state index contributed by atoms with van der Waals surface area (Å²) >= 11 is 0. The van der Waals surface area contributed by atoms with Crippen molar-refractivity contribution < 1.29 is 0 Å². The minimum Gasteiger partial charge on any atom is -0.0648 e. The molecule has 0 aromatic heterocycles. The van der Waals surface area contributed by atoms with Crippen LogP contribution in [0.3, 0.4) is 0 Å². The van der Waals surface area contributed by atoms with E-state index in [-0.39, 0.29) is 0 Å². The van der Waals surface area contributed by atoms with Crippen LogP contribution in [0.1, 0.15) is 38.7 Å². The summed E-state index contributed by atoms with van der Waals surface area (Å²) in [6, 6.07) is 16.5. The first kappa shape index (κ1) is 11.2. The Morgan fingerprint density at radius 1 is 1.06 bits per heavy atom. The Kier molecular flexibility index (Phi) is 3.28. The van der Waals surface area contributed by atoms with Gasteiger partial charge in [-0.2, -0.15) is 0 Å². The quantitative estimate of drug-likeness (QED) is 0.684. The fraction of sp³-hybridized carbons (Fsp3) is 0.375. The first-order valence-electron chi connectivity index (χ1n) is 6.13. The molecule has 0 heterocycles. The third-order valence-corrected chi connectivity index (χ3v) is 3.33. The monoisotopic (exact) mass is 211 g/mol. The molecule has 83 valence electrons. The summed E-state index contributed by atoms with van der Waals surface area (Å²) in [5.41, 5.74) is 1.36. The van der Waals surface area contributed by atoms with E-state index in [1.54, 1.807) is 0 Å². The van der Waals surface area contributed by atoms with E-state index in [0.717, 1.165) is 0 Å². The third kappa shape index (κ3) is 2.11. The molecular formula is C16H19. The van der Waals surface area contributed by atoms with E-state index in [4.69, 9.17) is 0 Å². The van der Waals surface area contributed by atoms with Gasteiger partial charge in [-0.25, -0.2) is 0 Å². The Morgan fingerprint density at radius 3 is 2.50 bits per heavy atom. The Bertz CT molecular complexity index is 468. The second-order valence-electron chi connectivity index (χ2n) is 4.76. The predicted molar refractivity (Wildman–Crippen MR) is 70.7 cm³/mol. The molecule has 0 fully saturated rings. The van der Waals surface area contributed by atoms with Gasteiger partial charge in [-0.3, -0.25) is 0 Å². The van der Waals surface area contributed by atoms with Crippen LogP contribution in [-0.4, -0.2) is 0 Å². The fourth-order valence-electron chi connectivity index (χ4n) is 2.40. The summed E-state index contributed by atoms with van der Waals surface area (Å²) in [7, 11) is 0. The molecule has 0 N–H and O–H groups in total. The van der Waals surface area contributed by atoms with Gasteiger partial charge in [0.2, 0.25) is 0 Å². The smallest absolute Gasteiger partial charge is 0.00613 e. The molecular weight excluding hydrogens is 192 g/mol. The number of hydrogen-bond acceptors (Lipinski definition) is 0. The van der Waals surface area contributed by atoms with Crippen molar-refractivity contribution in [1.82, 2.24) is 0 Å². The fourth-order valence-corrected chi connectivity index (χ4v) is 2.40. The number of fused-ring (bicyclic) bond motifs is 1. The molecule has 2 aromatic rings. The molecule has 0 aliphatic heterocycles. The van der Waals surface area contributed by atoms with Gasteiger partial charge in [0.15, 0.2) is 0 Å². The van der Waals surface area contributed by atoms with Crippen molar-refractivity contribution in [2.45, 2.75) is 33.1 Å². The number of hydrogen-bond donors (Lipinski definition) is 0. The van der Waals surface area contributed by atoms with Crippen LogP contribution < -0.4 is 0 Å². The molecule has 0 saturated heterocycles. The van der Waals surface area contributed by atoms with Crippen molar-refractivity contribution in [2.24, 2.45) is 5.92 Å². The average molecular weight is 211 g/mol. The lowest BCUT2D eigenvalue weighted by Crippen LogP contribution is -2.05. The Labute approximate surface area is 98.3 Å². The molecule has 1 radical (unpaired) electrons. The highest BCUT2D eigenvalue weighted by molar-refractivity contribution is 5.82. The molecule has 0 bridgehead atoms. The van der Waals surface area contributed by atoms with Crippen LogP contribution in [0.5, 0.6) is 0 Å². The van der Waals surface area contributed by atoms with Crippen LogP contribution >= 0.6 is 0 Å². The van der Waals surface area contributed by atoms with Crippen molar-refractivity contribution in [3.05, 3.63) is 48.0 Å². The average Bonchev–Trinajstić information content (AvgIpc) is 2.29. The summed E-state index contributed by atoms with van der Waals surface area (Å²) in [5.74, 6) is 1.31. The molecule has 0 aliphatic rings.